The number of benzene rings is 1. The lowest BCUT2D eigenvalue weighted by Gasteiger charge is -2.32. The van der Waals surface area contributed by atoms with Gasteiger partial charge in [0.15, 0.2) is 5.65 Å². The fourth-order valence-electron chi connectivity index (χ4n) is 3.63. The molecule has 7 nitrogen and oxygen atoms in total. The number of nitrogen functional groups attached to an aromatic ring is 1. The maximum Gasteiger partial charge on any atom is 0.246 e. The number of rotatable bonds is 4. The highest BCUT2D eigenvalue weighted by molar-refractivity contribution is 5.94. The van der Waals surface area contributed by atoms with Crippen molar-refractivity contribution in [2.75, 3.05) is 18.8 Å². The van der Waals surface area contributed by atoms with Gasteiger partial charge in [0.05, 0.1) is 17.1 Å². The molecule has 29 heavy (non-hydrogen) atoms. The van der Waals surface area contributed by atoms with E-state index in [9.17, 15) is 9.18 Å². The number of halogens is 1. The molecule has 1 aliphatic heterocycles. The van der Waals surface area contributed by atoms with Gasteiger partial charge in [0.25, 0.3) is 0 Å². The van der Waals surface area contributed by atoms with Gasteiger partial charge in [0.1, 0.15) is 18.0 Å². The lowest BCUT2D eigenvalue weighted by molar-refractivity contribution is -0.127. The summed E-state index contributed by atoms with van der Waals surface area (Å²) in [5.41, 5.74) is 8.23. The summed E-state index contributed by atoms with van der Waals surface area (Å²) < 4.78 is 15.0. The van der Waals surface area contributed by atoms with E-state index in [1.165, 1.54) is 24.5 Å². The van der Waals surface area contributed by atoms with Crippen LogP contribution in [0.4, 0.5) is 10.2 Å². The predicted molar refractivity (Wildman–Crippen MR) is 110 cm³/mol. The first kappa shape index (κ1) is 18.8. The Morgan fingerprint density at radius 1 is 1.24 bits per heavy atom. The molecule has 0 aliphatic carbocycles. The lowest BCUT2D eigenvalue weighted by Crippen LogP contribution is -2.40. The molecule has 3 aromatic rings. The number of nitrogens with zero attached hydrogens (tertiary/aromatic N) is 5. The molecule has 2 N–H and O–H groups in total. The zero-order valence-electron chi connectivity index (χ0n) is 15.8. The van der Waals surface area contributed by atoms with Crippen molar-refractivity contribution in [3.63, 3.8) is 0 Å². The van der Waals surface area contributed by atoms with Crippen molar-refractivity contribution >= 4 is 34.9 Å². The molecule has 0 unspecified atom stereocenters. The largest absolute Gasteiger partial charge is 0.383 e. The first-order chi connectivity index (χ1) is 14.1. The molecule has 4 rings (SSSR count). The first-order valence-corrected chi connectivity index (χ1v) is 9.40. The van der Waals surface area contributed by atoms with Crippen LogP contribution >= 0.6 is 0 Å². The Bertz CT molecular complexity index is 1090. The minimum absolute atomic E-state index is 0.0163. The maximum atomic E-state index is 13.1. The molecule has 1 aromatic carbocycles. The van der Waals surface area contributed by atoms with Crippen molar-refractivity contribution in [1.29, 1.82) is 0 Å². The minimum Gasteiger partial charge on any atom is -0.383 e. The molecule has 1 amide bonds. The summed E-state index contributed by atoms with van der Waals surface area (Å²) in [6, 6.07) is 6.16. The number of piperidine rings is 1. The third kappa shape index (κ3) is 3.73. The monoisotopic (exact) mass is 392 g/mol. The third-order valence-corrected chi connectivity index (χ3v) is 5.08. The fraction of sp³-hybridized carbons (Fsp3) is 0.238. The number of hydrogen-bond donors (Lipinski definition) is 1. The molecule has 8 heteroatoms. The average Bonchev–Trinajstić information content (AvgIpc) is 3.13. The Balaban J connectivity index is 1.72. The molecule has 1 aliphatic rings. The second-order valence-corrected chi connectivity index (χ2v) is 6.96. The summed E-state index contributed by atoms with van der Waals surface area (Å²) in [5, 5.41) is 5.40. The van der Waals surface area contributed by atoms with Crippen LogP contribution in [0.25, 0.3) is 23.2 Å². The molecular formula is C21H21FN6O. The third-order valence-electron chi connectivity index (χ3n) is 5.08. The summed E-state index contributed by atoms with van der Waals surface area (Å²) in [6.45, 7) is 4.81. The SMILES string of the molecule is C=CC(=O)N1CCC[C@@H](n2nc(/C=C/c3ccc(F)cc3)c3c(N)ncnc32)C1. The predicted octanol–water partition coefficient (Wildman–Crippen LogP) is 3.07. The van der Waals surface area contributed by atoms with Gasteiger partial charge in [-0.2, -0.15) is 5.10 Å². The van der Waals surface area contributed by atoms with Gasteiger partial charge >= 0.3 is 0 Å². The highest BCUT2D eigenvalue weighted by Gasteiger charge is 2.27. The summed E-state index contributed by atoms with van der Waals surface area (Å²) in [6.07, 6.45) is 8.16. The molecule has 2 aromatic heterocycles. The highest BCUT2D eigenvalue weighted by Crippen LogP contribution is 2.29. The molecule has 0 spiro atoms. The van der Waals surface area contributed by atoms with Gasteiger partial charge < -0.3 is 10.6 Å². The molecule has 1 fully saturated rings. The van der Waals surface area contributed by atoms with Crippen molar-refractivity contribution in [1.82, 2.24) is 24.6 Å². The summed E-state index contributed by atoms with van der Waals surface area (Å²) >= 11 is 0. The molecule has 148 valence electrons. The number of amides is 1. The minimum atomic E-state index is -0.287. The van der Waals surface area contributed by atoms with E-state index >= 15 is 0 Å². The zero-order chi connectivity index (χ0) is 20.4. The Morgan fingerprint density at radius 3 is 2.79 bits per heavy atom. The van der Waals surface area contributed by atoms with Gasteiger partial charge in [-0.25, -0.2) is 19.0 Å². The van der Waals surface area contributed by atoms with Crippen LogP contribution in [-0.2, 0) is 4.79 Å². The van der Waals surface area contributed by atoms with Crippen LogP contribution in [-0.4, -0.2) is 43.6 Å². The number of fused-ring (bicyclic) bond motifs is 1. The molecular weight excluding hydrogens is 371 g/mol. The van der Waals surface area contributed by atoms with Crippen molar-refractivity contribution in [3.05, 3.63) is 60.3 Å². The Hall–Kier alpha value is -3.55. The lowest BCUT2D eigenvalue weighted by atomic mass is 10.1. The number of nitrogens with two attached hydrogens (primary N) is 1. The van der Waals surface area contributed by atoms with Crippen molar-refractivity contribution in [2.45, 2.75) is 18.9 Å². The number of carbonyl (C=O) groups excluding carboxylic acids is 1. The summed E-state index contributed by atoms with van der Waals surface area (Å²) in [5.74, 6) is -0.0305. The second-order valence-electron chi connectivity index (χ2n) is 6.96. The second kappa shape index (κ2) is 7.83. The fourth-order valence-corrected chi connectivity index (χ4v) is 3.63. The molecule has 1 saturated heterocycles. The van der Waals surface area contributed by atoms with Crippen LogP contribution in [0.15, 0.2) is 43.2 Å². The van der Waals surface area contributed by atoms with Crippen LogP contribution in [0.1, 0.15) is 30.1 Å². The van der Waals surface area contributed by atoms with Crippen molar-refractivity contribution < 1.29 is 9.18 Å². The molecule has 0 radical (unpaired) electrons. The number of anilines is 1. The summed E-state index contributed by atoms with van der Waals surface area (Å²) in [4.78, 5) is 22.3. The van der Waals surface area contributed by atoms with Crippen LogP contribution in [0.5, 0.6) is 0 Å². The van der Waals surface area contributed by atoms with E-state index in [0.29, 0.717) is 35.6 Å². The van der Waals surface area contributed by atoms with E-state index in [1.807, 2.05) is 16.8 Å². The van der Waals surface area contributed by atoms with Gasteiger partial charge in [0, 0.05) is 13.1 Å². The molecule has 0 bridgehead atoms. The Morgan fingerprint density at radius 2 is 2.03 bits per heavy atom. The van der Waals surface area contributed by atoms with Crippen LogP contribution in [0, 0.1) is 5.82 Å². The van der Waals surface area contributed by atoms with Gasteiger partial charge in [-0.3, -0.25) is 4.79 Å². The Labute approximate surface area is 167 Å². The van der Waals surface area contributed by atoms with Crippen LogP contribution in [0.2, 0.25) is 0 Å². The van der Waals surface area contributed by atoms with Crippen LogP contribution in [0.3, 0.4) is 0 Å². The van der Waals surface area contributed by atoms with E-state index in [2.05, 4.69) is 16.5 Å². The van der Waals surface area contributed by atoms with Crippen molar-refractivity contribution in [2.24, 2.45) is 0 Å². The smallest absolute Gasteiger partial charge is 0.246 e. The quantitative estimate of drug-likeness (QED) is 0.689. The van der Waals surface area contributed by atoms with E-state index in [4.69, 9.17) is 10.8 Å². The topological polar surface area (TPSA) is 89.9 Å². The highest BCUT2D eigenvalue weighted by atomic mass is 19.1. The standard InChI is InChI=1S/C21H21FN6O/c1-2-18(29)27-11-3-4-16(12-27)28-21-19(20(23)24-13-25-21)17(26-28)10-7-14-5-8-15(22)9-6-14/h2,5-10,13,16H,1,3-4,11-12H2,(H2,23,24,25)/b10-7+/t16-/m1/s1. The molecule has 1 atom stereocenters. The van der Waals surface area contributed by atoms with Gasteiger partial charge in [-0.15, -0.1) is 0 Å². The number of aromatic nitrogens is 4. The van der Waals surface area contributed by atoms with Gasteiger partial charge in [-0.1, -0.05) is 24.8 Å². The van der Waals surface area contributed by atoms with E-state index in [0.717, 1.165) is 18.4 Å². The van der Waals surface area contributed by atoms with Gasteiger partial charge in [-0.05, 0) is 42.7 Å². The maximum absolute atomic E-state index is 13.1. The van der Waals surface area contributed by atoms with Crippen molar-refractivity contribution in [3.8, 4) is 0 Å². The first-order valence-electron chi connectivity index (χ1n) is 9.40. The summed E-state index contributed by atoms with van der Waals surface area (Å²) in [7, 11) is 0. The molecule has 0 saturated carbocycles. The molecule has 3 heterocycles. The number of hydrogen-bond acceptors (Lipinski definition) is 5. The van der Waals surface area contributed by atoms with E-state index < -0.39 is 0 Å². The average molecular weight is 392 g/mol. The number of likely N-dealkylation sites (tertiary alicyclic amines) is 1. The van der Waals surface area contributed by atoms with E-state index in [1.54, 1.807) is 17.0 Å². The van der Waals surface area contributed by atoms with Gasteiger partial charge in [0.2, 0.25) is 5.91 Å². The number of carbonyl (C=O) groups is 1. The van der Waals surface area contributed by atoms with E-state index in [-0.39, 0.29) is 17.8 Å². The Kier molecular flexibility index (Phi) is 5.07. The normalized spacial score (nSPS) is 17.1. The zero-order valence-corrected chi connectivity index (χ0v) is 15.8. The van der Waals surface area contributed by atoms with Crippen LogP contribution < -0.4 is 5.73 Å².